The molecule has 0 aliphatic rings. The second-order valence-electron chi connectivity index (χ2n) is 7.41. The summed E-state index contributed by atoms with van der Waals surface area (Å²) in [6, 6.07) is 23.3. The minimum atomic E-state index is -0.469. The number of amides is 1. The monoisotopic (exact) mass is 423 g/mol. The lowest BCUT2D eigenvalue weighted by Gasteiger charge is -2.09. The second-order valence-corrected chi connectivity index (χ2v) is 7.41. The van der Waals surface area contributed by atoms with Gasteiger partial charge in [0, 0.05) is 22.6 Å². The van der Waals surface area contributed by atoms with E-state index in [4.69, 9.17) is 4.42 Å². The summed E-state index contributed by atoms with van der Waals surface area (Å²) in [6.45, 7) is 1.60. The Balaban J connectivity index is 1.52. The SMILES string of the molecule is Cc1cc(C(=O)Nc2ccccc2-c2nc3ccc4ccccc4c3o2)ccc1[N+](=O)[O-]. The van der Waals surface area contributed by atoms with E-state index in [2.05, 4.69) is 10.3 Å². The van der Waals surface area contributed by atoms with Crippen LogP contribution >= 0.6 is 0 Å². The highest BCUT2D eigenvalue weighted by atomic mass is 16.6. The van der Waals surface area contributed by atoms with Gasteiger partial charge < -0.3 is 9.73 Å². The first-order chi connectivity index (χ1) is 15.5. The highest BCUT2D eigenvalue weighted by molar-refractivity contribution is 6.07. The fraction of sp³-hybridized carbons (Fsp3) is 0.0400. The van der Waals surface area contributed by atoms with Gasteiger partial charge in [0.25, 0.3) is 11.6 Å². The zero-order valence-electron chi connectivity index (χ0n) is 17.0. The first-order valence-corrected chi connectivity index (χ1v) is 9.95. The van der Waals surface area contributed by atoms with E-state index in [0.29, 0.717) is 33.9 Å². The number of hydrogen-bond acceptors (Lipinski definition) is 5. The Morgan fingerprint density at radius 2 is 1.78 bits per heavy atom. The molecule has 0 aliphatic heterocycles. The van der Waals surface area contributed by atoms with Crippen LogP contribution in [0.3, 0.4) is 0 Å². The molecule has 0 saturated carbocycles. The standard InChI is InChI=1S/C25H17N3O4/c1-15-14-17(11-13-22(15)28(30)31)24(29)26-20-9-5-4-8-19(20)25-27-21-12-10-16-6-2-3-7-18(16)23(21)32-25/h2-14H,1H3,(H,26,29). The van der Waals surface area contributed by atoms with Crippen molar-refractivity contribution in [2.24, 2.45) is 0 Å². The van der Waals surface area contributed by atoms with Crippen molar-refractivity contribution in [3.8, 4) is 11.5 Å². The first-order valence-electron chi connectivity index (χ1n) is 9.95. The number of nitrogens with zero attached hydrogens (tertiary/aromatic N) is 2. The molecule has 0 spiro atoms. The van der Waals surface area contributed by atoms with Crippen molar-refractivity contribution >= 4 is 39.2 Å². The summed E-state index contributed by atoms with van der Waals surface area (Å²) in [4.78, 5) is 28.0. The van der Waals surface area contributed by atoms with Crippen molar-refractivity contribution in [1.29, 1.82) is 0 Å². The van der Waals surface area contributed by atoms with E-state index in [0.717, 1.165) is 16.3 Å². The number of carbonyl (C=O) groups excluding carboxylic acids is 1. The van der Waals surface area contributed by atoms with Crippen LogP contribution in [0.5, 0.6) is 0 Å². The van der Waals surface area contributed by atoms with Crippen molar-refractivity contribution in [3.63, 3.8) is 0 Å². The number of para-hydroxylation sites is 1. The van der Waals surface area contributed by atoms with E-state index < -0.39 is 4.92 Å². The molecular weight excluding hydrogens is 406 g/mol. The molecule has 0 unspecified atom stereocenters. The molecule has 0 saturated heterocycles. The van der Waals surface area contributed by atoms with Crippen molar-refractivity contribution < 1.29 is 14.1 Å². The van der Waals surface area contributed by atoms with Crippen LogP contribution in [0.1, 0.15) is 15.9 Å². The van der Waals surface area contributed by atoms with E-state index in [1.165, 1.54) is 18.2 Å². The van der Waals surface area contributed by atoms with Gasteiger partial charge in [0.05, 0.1) is 16.2 Å². The predicted octanol–water partition coefficient (Wildman–Crippen LogP) is 6.12. The number of oxazole rings is 1. The molecule has 1 N–H and O–H groups in total. The number of aryl methyl sites for hydroxylation is 1. The van der Waals surface area contributed by atoms with E-state index in [1.807, 2.05) is 48.5 Å². The molecule has 0 bridgehead atoms. The van der Waals surface area contributed by atoms with Crippen LogP contribution in [0.25, 0.3) is 33.3 Å². The van der Waals surface area contributed by atoms with Gasteiger partial charge in [-0.3, -0.25) is 14.9 Å². The third-order valence-electron chi connectivity index (χ3n) is 5.34. The second kappa shape index (κ2) is 7.63. The van der Waals surface area contributed by atoms with Gasteiger partial charge in [-0.15, -0.1) is 0 Å². The van der Waals surface area contributed by atoms with Crippen molar-refractivity contribution in [2.75, 3.05) is 5.32 Å². The van der Waals surface area contributed by atoms with Crippen LogP contribution in [0.2, 0.25) is 0 Å². The van der Waals surface area contributed by atoms with Crippen LogP contribution in [0.4, 0.5) is 11.4 Å². The van der Waals surface area contributed by atoms with Crippen LogP contribution in [-0.4, -0.2) is 15.8 Å². The minimum Gasteiger partial charge on any atom is -0.435 e. The maximum atomic E-state index is 12.8. The van der Waals surface area contributed by atoms with Gasteiger partial charge in [-0.25, -0.2) is 4.98 Å². The Labute approximate surface area is 182 Å². The number of anilines is 1. The summed E-state index contributed by atoms with van der Waals surface area (Å²) in [5.41, 5.74) is 3.30. The zero-order chi connectivity index (χ0) is 22.2. The summed E-state index contributed by atoms with van der Waals surface area (Å²) in [5, 5.41) is 15.9. The fourth-order valence-electron chi connectivity index (χ4n) is 3.75. The molecule has 5 rings (SSSR count). The van der Waals surface area contributed by atoms with Crippen molar-refractivity contribution in [1.82, 2.24) is 4.98 Å². The van der Waals surface area contributed by atoms with Crippen LogP contribution in [0, 0.1) is 17.0 Å². The molecule has 0 fully saturated rings. The number of rotatable bonds is 4. The average molecular weight is 423 g/mol. The molecule has 1 amide bonds. The third-order valence-corrected chi connectivity index (χ3v) is 5.34. The van der Waals surface area contributed by atoms with Gasteiger partial charge in [0.2, 0.25) is 5.89 Å². The molecule has 4 aromatic carbocycles. The van der Waals surface area contributed by atoms with E-state index in [-0.39, 0.29) is 11.6 Å². The van der Waals surface area contributed by atoms with Crippen molar-refractivity contribution in [3.05, 3.63) is 100 Å². The van der Waals surface area contributed by atoms with Gasteiger partial charge in [-0.05, 0) is 42.6 Å². The highest BCUT2D eigenvalue weighted by Gasteiger charge is 2.18. The lowest BCUT2D eigenvalue weighted by molar-refractivity contribution is -0.385. The topological polar surface area (TPSA) is 98.3 Å². The van der Waals surface area contributed by atoms with Crippen LogP contribution < -0.4 is 5.32 Å². The van der Waals surface area contributed by atoms with E-state index in [1.54, 1.807) is 19.1 Å². The molecule has 0 atom stereocenters. The van der Waals surface area contributed by atoms with Crippen molar-refractivity contribution in [2.45, 2.75) is 6.92 Å². The Kier molecular flexibility index (Phi) is 4.63. The molecular formula is C25H17N3O4. The molecule has 1 heterocycles. The number of nitrogens with one attached hydrogen (secondary N) is 1. The summed E-state index contributed by atoms with van der Waals surface area (Å²) in [7, 11) is 0. The lowest BCUT2D eigenvalue weighted by Crippen LogP contribution is -2.13. The molecule has 0 radical (unpaired) electrons. The van der Waals surface area contributed by atoms with Crippen LogP contribution in [0.15, 0.2) is 83.3 Å². The predicted molar refractivity (Wildman–Crippen MR) is 123 cm³/mol. The Hall–Kier alpha value is -4.52. The maximum absolute atomic E-state index is 12.8. The van der Waals surface area contributed by atoms with Gasteiger partial charge in [-0.1, -0.05) is 42.5 Å². The fourth-order valence-corrected chi connectivity index (χ4v) is 3.75. The zero-order valence-corrected chi connectivity index (χ0v) is 17.0. The minimum absolute atomic E-state index is 0.0272. The Morgan fingerprint density at radius 1 is 1.00 bits per heavy atom. The lowest BCUT2D eigenvalue weighted by atomic mass is 10.1. The molecule has 5 aromatic rings. The third kappa shape index (κ3) is 3.35. The maximum Gasteiger partial charge on any atom is 0.272 e. The molecule has 32 heavy (non-hydrogen) atoms. The number of nitro groups is 1. The average Bonchev–Trinajstić information content (AvgIpc) is 3.24. The van der Waals surface area contributed by atoms with Gasteiger partial charge in [0.15, 0.2) is 5.58 Å². The summed E-state index contributed by atoms with van der Waals surface area (Å²) >= 11 is 0. The summed E-state index contributed by atoms with van der Waals surface area (Å²) in [5.74, 6) is 0.0177. The number of fused-ring (bicyclic) bond motifs is 3. The Bertz CT molecular complexity index is 1520. The molecule has 156 valence electrons. The summed E-state index contributed by atoms with van der Waals surface area (Å²) in [6.07, 6.45) is 0. The normalized spacial score (nSPS) is 11.0. The quantitative estimate of drug-likeness (QED) is 0.277. The smallest absolute Gasteiger partial charge is 0.272 e. The van der Waals surface area contributed by atoms with Crippen LogP contribution in [-0.2, 0) is 0 Å². The number of carbonyl (C=O) groups is 1. The number of nitro benzene ring substituents is 1. The van der Waals surface area contributed by atoms with E-state index in [9.17, 15) is 14.9 Å². The molecule has 7 heteroatoms. The van der Waals surface area contributed by atoms with Gasteiger partial charge in [-0.2, -0.15) is 0 Å². The molecule has 1 aromatic heterocycles. The number of benzene rings is 4. The van der Waals surface area contributed by atoms with Gasteiger partial charge in [0.1, 0.15) is 5.52 Å². The molecule has 0 aliphatic carbocycles. The van der Waals surface area contributed by atoms with Gasteiger partial charge >= 0.3 is 0 Å². The first kappa shape index (κ1) is 19.4. The largest absolute Gasteiger partial charge is 0.435 e. The number of aromatic nitrogens is 1. The molecule has 7 nitrogen and oxygen atoms in total. The highest BCUT2D eigenvalue weighted by Crippen LogP contribution is 2.33. The summed E-state index contributed by atoms with van der Waals surface area (Å²) < 4.78 is 6.12. The van der Waals surface area contributed by atoms with E-state index >= 15 is 0 Å². The number of hydrogen-bond donors (Lipinski definition) is 1. The Morgan fingerprint density at radius 3 is 2.59 bits per heavy atom.